The summed E-state index contributed by atoms with van der Waals surface area (Å²) in [7, 11) is 0. The number of nitro groups is 1. The van der Waals surface area contributed by atoms with Crippen LogP contribution in [0.1, 0.15) is 49.1 Å². The van der Waals surface area contributed by atoms with Crippen molar-refractivity contribution >= 4 is 17.7 Å². The standard InChI is InChI=1S/C29H31N3O5/c1-20-12-8-10-16-23(20)25(30-27(34)37-28(2,3)4)29(32(35)36)18-22-15-9-11-17-24(22)31(26(29)33)19-21-13-6-5-7-14-21/h5-17,25H,18-19H2,1-4H3,(H,30,34)/t25-,29-/m0/s1. The minimum absolute atomic E-state index is 0.152. The van der Waals surface area contributed by atoms with E-state index in [2.05, 4.69) is 5.32 Å². The van der Waals surface area contributed by atoms with Gasteiger partial charge in [0.15, 0.2) is 0 Å². The van der Waals surface area contributed by atoms with E-state index in [1.807, 2.05) is 36.4 Å². The first-order valence-corrected chi connectivity index (χ1v) is 12.2. The predicted molar refractivity (Wildman–Crippen MR) is 141 cm³/mol. The highest BCUT2D eigenvalue weighted by Gasteiger charge is 2.63. The molecular formula is C29H31N3O5. The summed E-state index contributed by atoms with van der Waals surface area (Å²) in [5, 5.41) is 15.8. The molecule has 0 bridgehead atoms. The van der Waals surface area contributed by atoms with E-state index in [9.17, 15) is 19.7 Å². The molecule has 2 atom stereocenters. The number of hydrogen-bond donors (Lipinski definition) is 1. The molecule has 8 nitrogen and oxygen atoms in total. The Bertz CT molecular complexity index is 1320. The highest BCUT2D eigenvalue weighted by molar-refractivity contribution is 6.03. The zero-order chi connectivity index (χ0) is 26.8. The number of carbonyl (C=O) groups is 2. The largest absolute Gasteiger partial charge is 0.444 e. The molecule has 0 aromatic heterocycles. The summed E-state index contributed by atoms with van der Waals surface area (Å²) < 4.78 is 5.47. The summed E-state index contributed by atoms with van der Waals surface area (Å²) in [6.07, 6.45) is -1.02. The number of carbonyl (C=O) groups excluding carboxylic acids is 2. The molecule has 4 rings (SSSR count). The van der Waals surface area contributed by atoms with Crippen molar-refractivity contribution in [1.29, 1.82) is 0 Å². The Hall–Kier alpha value is -4.20. The third kappa shape index (κ3) is 5.18. The fraction of sp³-hybridized carbons (Fsp3) is 0.310. The molecule has 0 saturated heterocycles. The Kier molecular flexibility index (Phi) is 7.03. The van der Waals surface area contributed by atoms with Gasteiger partial charge in [-0.15, -0.1) is 0 Å². The van der Waals surface area contributed by atoms with Crippen molar-refractivity contribution < 1.29 is 19.2 Å². The first kappa shape index (κ1) is 25.9. The summed E-state index contributed by atoms with van der Waals surface area (Å²) in [4.78, 5) is 41.3. The molecule has 1 aliphatic rings. The van der Waals surface area contributed by atoms with Crippen LogP contribution in [0.15, 0.2) is 78.9 Å². The molecule has 0 fully saturated rings. The van der Waals surface area contributed by atoms with E-state index in [0.29, 0.717) is 22.4 Å². The van der Waals surface area contributed by atoms with Crippen molar-refractivity contribution in [3.63, 3.8) is 0 Å². The minimum atomic E-state index is -2.20. The number of fused-ring (bicyclic) bond motifs is 1. The van der Waals surface area contributed by atoms with Crippen LogP contribution in [0.4, 0.5) is 10.5 Å². The maximum absolute atomic E-state index is 14.3. The maximum atomic E-state index is 14.3. The van der Waals surface area contributed by atoms with Crippen LogP contribution in [0.2, 0.25) is 0 Å². The number of nitrogens with zero attached hydrogens (tertiary/aromatic N) is 2. The summed E-state index contributed by atoms with van der Waals surface area (Å²) in [5.74, 6) is -0.690. The molecule has 0 spiro atoms. The van der Waals surface area contributed by atoms with E-state index in [4.69, 9.17) is 4.74 Å². The molecule has 0 unspecified atom stereocenters. The molecule has 37 heavy (non-hydrogen) atoms. The second kappa shape index (κ2) is 10.0. The average Bonchev–Trinajstić information content (AvgIpc) is 2.84. The van der Waals surface area contributed by atoms with Crippen LogP contribution in [0, 0.1) is 17.0 Å². The van der Waals surface area contributed by atoms with E-state index in [0.717, 1.165) is 5.56 Å². The number of benzene rings is 3. The first-order chi connectivity index (χ1) is 17.5. The number of alkyl carbamates (subject to hydrolysis) is 1. The van der Waals surface area contributed by atoms with Gasteiger partial charge in [-0.2, -0.15) is 0 Å². The molecular weight excluding hydrogens is 470 g/mol. The number of aryl methyl sites for hydroxylation is 1. The molecule has 3 aromatic carbocycles. The number of ether oxygens (including phenoxy) is 1. The van der Waals surface area contributed by atoms with Gasteiger partial charge in [-0.25, -0.2) is 4.79 Å². The van der Waals surface area contributed by atoms with Gasteiger partial charge in [-0.05, 0) is 56.0 Å². The van der Waals surface area contributed by atoms with Crippen molar-refractivity contribution in [2.75, 3.05) is 4.90 Å². The molecule has 1 N–H and O–H groups in total. The second-order valence-corrected chi connectivity index (χ2v) is 10.3. The van der Waals surface area contributed by atoms with Gasteiger partial charge in [0, 0.05) is 10.6 Å². The number of para-hydroxylation sites is 1. The zero-order valence-corrected chi connectivity index (χ0v) is 21.4. The molecule has 192 valence electrons. The Morgan fingerprint density at radius 3 is 2.32 bits per heavy atom. The van der Waals surface area contributed by atoms with E-state index in [1.54, 1.807) is 70.2 Å². The summed E-state index contributed by atoms with van der Waals surface area (Å²) in [6.45, 7) is 7.08. The van der Waals surface area contributed by atoms with Crippen LogP contribution in [-0.2, 0) is 22.5 Å². The van der Waals surface area contributed by atoms with Crippen LogP contribution in [0.3, 0.4) is 0 Å². The minimum Gasteiger partial charge on any atom is -0.444 e. The Morgan fingerprint density at radius 2 is 1.68 bits per heavy atom. The van der Waals surface area contributed by atoms with Gasteiger partial charge < -0.3 is 15.0 Å². The highest BCUT2D eigenvalue weighted by atomic mass is 16.6. The zero-order valence-electron chi connectivity index (χ0n) is 21.4. The predicted octanol–water partition coefficient (Wildman–Crippen LogP) is 5.37. The maximum Gasteiger partial charge on any atom is 0.408 e. The van der Waals surface area contributed by atoms with Gasteiger partial charge in [0.25, 0.3) is 0 Å². The molecule has 0 aliphatic carbocycles. The quantitative estimate of drug-likeness (QED) is 0.362. The van der Waals surface area contributed by atoms with Gasteiger partial charge in [-0.3, -0.25) is 14.9 Å². The van der Waals surface area contributed by atoms with Crippen molar-refractivity contribution in [1.82, 2.24) is 5.32 Å². The van der Waals surface area contributed by atoms with Crippen molar-refractivity contribution in [3.05, 3.63) is 111 Å². The monoisotopic (exact) mass is 501 g/mol. The van der Waals surface area contributed by atoms with Crippen LogP contribution in [0.25, 0.3) is 0 Å². The smallest absolute Gasteiger partial charge is 0.408 e. The van der Waals surface area contributed by atoms with Gasteiger partial charge in [0.05, 0.1) is 13.0 Å². The van der Waals surface area contributed by atoms with Crippen LogP contribution in [-0.4, -0.2) is 28.1 Å². The number of hydrogen-bond acceptors (Lipinski definition) is 5. The number of nitrogens with one attached hydrogen (secondary N) is 1. The lowest BCUT2D eigenvalue weighted by molar-refractivity contribution is -0.558. The lowest BCUT2D eigenvalue weighted by Crippen LogP contribution is -2.65. The van der Waals surface area contributed by atoms with E-state index < -0.39 is 34.1 Å². The average molecular weight is 502 g/mol. The second-order valence-electron chi connectivity index (χ2n) is 10.3. The van der Waals surface area contributed by atoms with Crippen LogP contribution in [0.5, 0.6) is 0 Å². The Morgan fingerprint density at radius 1 is 1.05 bits per heavy atom. The van der Waals surface area contributed by atoms with E-state index >= 15 is 0 Å². The topological polar surface area (TPSA) is 102 Å². The Balaban J connectivity index is 1.89. The fourth-order valence-electron chi connectivity index (χ4n) is 4.82. The van der Waals surface area contributed by atoms with Gasteiger partial charge in [0.1, 0.15) is 11.6 Å². The van der Waals surface area contributed by atoms with Gasteiger partial charge in [0.2, 0.25) is 0 Å². The summed E-state index contributed by atoms with van der Waals surface area (Å²) in [6, 6.07) is 22.3. The summed E-state index contributed by atoms with van der Waals surface area (Å²) >= 11 is 0. The van der Waals surface area contributed by atoms with Crippen LogP contribution < -0.4 is 10.2 Å². The van der Waals surface area contributed by atoms with Crippen LogP contribution >= 0.6 is 0 Å². The third-order valence-electron chi connectivity index (χ3n) is 6.51. The molecule has 1 heterocycles. The Labute approximate surface area is 216 Å². The van der Waals surface area contributed by atoms with E-state index in [1.165, 1.54) is 4.90 Å². The number of anilines is 1. The summed E-state index contributed by atoms with van der Waals surface area (Å²) in [5.41, 5.74) is 0.270. The van der Waals surface area contributed by atoms with Gasteiger partial charge >= 0.3 is 17.5 Å². The lowest BCUT2D eigenvalue weighted by Gasteiger charge is -2.41. The lowest BCUT2D eigenvalue weighted by atomic mass is 9.75. The van der Waals surface area contributed by atoms with Crippen molar-refractivity contribution in [3.8, 4) is 0 Å². The van der Waals surface area contributed by atoms with Crippen molar-refractivity contribution in [2.24, 2.45) is 0 Å². The molecule has 1 aliphatic heterocycles. The highest BCUT2D eigenvalue weighted by Crippen LogP contribution is 2.43. The fourth-order valence-corrected chi connectivity index (χ4v) is 4.82. The van der Waals surface area contributed by atoms with Gasteiger partial charge in [-0.1, -0.05) is 72.8 Å². The molecule has 3 aromatic rings. The molecule has 8 heteroatoms. The number of amides is 2. The van der Waals surface area contributed by atoms with E-state index in [-0.39, 0.29) is 13.0 Å². The molecule has 0 saturated carbocycles. The normalized spacial score (nSPS) is 18.1. The van der Waals surface area contributed by atoms with Crippen molar-refractivity contribution in [2.45, 2.75) is 57.8 Å². The third-order valence-corrected chi connectivity index (χ3v) is 6.51. The number of rotatable bonds is 6. The molecule has 0 radical (unpaired) electrons. The first-order valence-electron chi connectivity index (χ1n) is 12.2. The SMILES string of the molecule is Cc1ccccc1[C@H](NC(=O)OC(C)(C)C)[C@@]1([N+](=O)[O-])Cc2ccccc2N(Cc2ccccc2)C1=O. The molecule has 2 amide bonds.